The number of sulfonamides is 1. The summed E-state index contributed by atoms with van der Waals surface area (Å²) in [6, 6.07) is -0.0757. The molecule has 26 heavy (non-hydrogen) atoms. The second-order valence-corrected chi connectivity index (χ2v) is 9.57. The largest absolute Gasteiger partial charge is 0.469 e. The summed E-state index contributed by atoms with van der Waals surface area (Å²) in [7, 11) is -2.29. The van der Waals surface area contributed by atoms with Gasteiger partial charge in [0.25, 0.3) is 0 Å². The molecule has 0 aromatic heterocycles. The predicted octanol–water partition coefficient (Wildman–Crippen LogP) is -0.0558. The summed E-state index contributed by atoms with van der Waals surface area (Å²) in [6.07, 6.45) is 4.27. The fourth-order valence-corrected chi connectivity index (χ4v) is 6.75. The van der Waals surface area contributed by atoms with Gasteiger partial charge in [0, 0.05) is 32.2 Å². The van der Waals surface area contributed by atoms with Crippen LogP contribution >= 0.6 is 0 Å². The SMILES string of the molecule is COC(=O)C1CCCCC1S(=O)(=O)N1CCCC(N2CCNCC2=O)C1. The van der Waals surface area contributed by atoms with Crippen LogP contribution in [0.1, 0.15) is 38.5 Å². The molecule has 3 unspecified atom stereocenters. The number of esters is 1. The molecule has 148 valence electrons. The number of hydrogen-bond acceptors (Lipinski definition) is 6. The van der Waals surface area contributed by atoms with E-state index in [2.05, 4.69) is 5.32 Å². The zero-order chi connectivity index (χ0) is 18.7. The Bertz CT molecular complexity index is 638. The van der Waals surface area contributed by atoms with Crippen molar-refractivity contribution in [2.45, 2.75) is 49.8 Å². The van der Waals surface area contributed by atoms with Crippen molar-refractivity contribution in [2.75, 3.05) is 39.8 Å². The number of methoxy groups -OCH3 is 1. The van der Waals surface area contributed by atoms with E-state index in [4.69, 9.17) is 4.74 Å². The molecule has 3 atom stereocenters. The Morgan fingerprint density at radius 2 is 1.92 bits per heavy atom. The lowest BCUT2D eigenvalue weighted by Crippen LogP contribution is -2.58. The molecule has 0 bridgehead atoms. The van der Waals surface area contributed by atoms with E-state index in [9.17, 15) is 18.0 Å². The van der Waals surface area contributed by atoms with Crippen molar-refractivity contribution in [3.05, 3.63) is 0 Å². The Balaban J connectivity index is 1.75. The number of hydrogen-bond donors (Lipinski definition) is 1. The van der Waals surface area contributed by atoms with Crippen LogP contribution in [0.5, 0.6) is 0 Å². The summed E-state index contributed by atoms with van der Waals surface area (Å²) in [5.41, 5.74) is 0. The summed E-state index contributed by atoms with van der Waals surface area (Å²) < 4.78 is 32.9. The lowest BCUT2D eigenvalue weighted by atomic mass is 9.89. The van der Waals surface area contributed by atoms with Crippen molar-refractivity contribution >= 4 is 21.9 Å². The summed E-state index contributed by atoms with van der Waals surface area (Å²) in [6.45, 7) is 2.46. The number of nitrogens with zero attached hydrogens (tertiary/aromatic N) is 2. The molecule has 3 fully saturated rings. The Hall–Kier alpha value is -1.19. The van der Waals surface area contributed by atoms with E-state index >= 15 is 0 Å². The van der Waals surface area contributed by atoms with Crippen LogP contribution in [0.15, 0.2) is 0 Å². The number of carbonyl (C=O) groups excluding carboxylic acids is 2. The normalized spacial score (nSPS) is 31.7. The van der Waals surface area contributed by atoms with Crippen LogP contribution in [-0.4, -0.2) is 80.6 Å². The first-order valence-corrected chi connectivity index (χ1v) is 11.0. The van der Waals surface area contributed by atoms with Gasteiger partial charge in [0.1, 0.15) is 0 Å². The lowest BCUT2D eigenvalue weighted by molar-refractivity contribution is -0.146. The van der Waals surface area contributed by atoms with Crippen molar-refractivity contribution in [2.24, 2.45) is 5.92 Å². The number of piperazine rings is 1. The molecular formula is C17H29N3O5S. The number of piperidine rings is 1. The molecule has 3 aliphatic rings. The summed E-state index contributed by atoms with van der Waals surface area (Å²) in [5, 5.41) is 2.34. The average molecular weight is 388 g/mol. The molecule has 2 heterocycles. The van der Waals surface area contributed by atoms with Gasteiger partial charge in [-0.05, 0) is 25.7 Å². The van der Waals surface area contributed by atoms with Crippen molar-refractivity contribution in [3.8, 4) is 0 Å². The molecule has 1 saturated carbocycles. The van der Waals surface area contributed by atoms with Crippen LogP contribution in [0, 0.1) is 5.92 Å². The molecule has 0 aromatic rings. The van der Waals surface area contributed by atoms with E-state index in [1.807, 2.05) is 4.90 Å². The van der Waals surface area contributed by atoms with Gasteiger partial charge in [0.2, 0.25) is 15.9 Å². The van der Waals surface area contributed by atoms with Gasteiger partial charge in [-0.3, -0.25) is 9.59 Å². The first-order chi connectivity index (χ1) is 12.4. The minimum atomic E-state index is -3.60. The van der Waals surface area contributed by atoms with Crippen LogP contribution in [0.3, 0.4) is 0 Å². The zero-order valence-corrected chi connectivity index (χ0v) is 16.2. The van der Waals surface area contributed by atoms with Crippen LogP contribution in [0.2, 0.25) is 0 Å². The third-order valence-electron chi connectivity index (χ3n) is 5.88. The minimum absolute atomic E-state index is 0.0330. The van der Waals surface area contributed by atoms with Gasteiger partial charge in [-0.25, -0.2) is 8.42 Å². The summed E-state index contributed by atoms with van der Waals surface area (Å²) >= 11 is 0. The minimum Gasteiger partial charge on any atom is -0.469 e. The average Bonchev–Trinajstić information content (AvgIpc) is 2.68. The first kappa shape index (κ1) is 19.6. The Kier molecular flexibility index (Phi) is 6.19. The van der Waals surface area contributed by atoms with Gasteiger partial charge >= 0.3 is 5.97 Å². The maximum atomic E-state index is 13.3. The van der Waals surface area contributed by atoms with E-state index < -0.39 is 27.2 Å². The molecule has 3 rings (SSSR count). The van der Waals surface area contributed by atoms with E-state index in [0.717, 1.165) is 32.2 Å². The molecule has 0 aromatic carbocycles. The molecule has 9 heteroatoms. The van der Waals surface area contributed by atoms with Crippen molar-refractivity contribution in [1.82, 2.24) is 14.5 Å². The highest BCUT2D eigenvalue weighted by Gasteiger charge is 2.45. The highest BCUT2D eigenvalue weighted by Crippen LogP contribution is 2.33. The number of nitrogens with one attached hydrogen (secondary N) is 1. The Morgan fingerprint density at radius 1 is 1.15 bits per heavy atom. The standard InChI is InChI=1S/C17H29N3O5S/c1-25-17(22)14-6-2-3-7-15(14)26(23,24)19-9-4-5-13(12-19)20-10-8-18-11-16(20)21/h13-15,18H,2-12H2,1H3. The summed E-state index contributed by atoms with van der Waals surface area (Å²) in [5.74, 6) is -0.977. The number of amides is 1. The van der Waals surface area contributed by atoms with E-state index in [1.54, 1.807) is 0 Å². The van der Waals surface area contributed by atoms with Crippen LogP contribution in [0.25, 0.3) is 0 Å². The maximum absolute atomic E-state index is 13.3. The van der Waals surface area contributed by atoms with Crippen molar-refractivity contribution < 1.29 is 22.7 Å². The van der Waals surface area contributed by atoms with E-state index in [0.29, 0.717) is 39.0 Å². The van der Waals surface area contributed by atoms with Gasteiger partial charge in [-0.1, -0.05) is 12.8 Å². The zero-order valence-electron chi connectivity index (χ0n) is 15.4. The maximum Gasteiger partial charge on any atom is 0.310 e. The fraction of sp³-hybridized carbons (Fsp3) is 0.882. The summed E-state index contributed by atoms with van der Waals surface area (Å²) in [4.78, 5) is 26.1. The molecule has 1 aliphatic carbocycles. The molecular weight excluding hydrogens is 358 g/mol. The highest BCUT2D eigenvalue weighted by molar-refractivity contribution is 7.89. The van der Waals surface area contributed by atoms with E-state index in [1.165, 1.54) is 11.4 Å². The topological polar surface area (TPSA) is 96.0 Å². The van der Waals surface area contributed by atoms with Gasteiger partial charge in [-0.2, -0.15) is 4.31 Å². The smallest absolute Gasteiger partial charge is 0.310 e. The second kappa shape index (κ2) is 8.22. The fourth-order valence-electron chi connectivity index (χ4n) is 4.48. The molecule has 8 nitrogen and oxygen atoms in total. The van der Waals surface area contributed by atoms with Gasteiger partial charge in [0.05, 0.1) is 24.8 Å². The van der Waals surface area contributed by atoms with Gasteiger partial charge < -0.3 is 15.0 Å². The van der Waals surface area contributed by atoms with Crippen LogP contribution in [0.4, 0.5) is 0 Å². The van der Waals surface area contributed by atoms with Crippen molar-refractivity contribution in [1.29, 1.82) is 0 Å². The number of rotatable bonds is 4. The molecule has 1 N–H and O–H groups in total. The van der Waals surface area contributed by atoms with E-state index in [-0.39, 0.29) is 11.9 Å². The Labute approximate surface area is 155 Å². The molecule has 2 aliphatic heterocycles. The quantitative estimate of drug-likeness (QED) is 0.679. The van der Waals surface area contributed by atoms with Crippen LogP contribution < -0.4 is 5.32 Å². The second-order valence-electron chi connectivity index (χ2n) is 7.42. The predicted molar refractivity (Wildman–Crippen MR) is 95.9 cm³/mol. The van der Waals surface area contributed by atoms with Gasteiger partial charge in [-0.15, -0.1) is 0 Å². The van der Waals surface area contributed by atoms with Gasteiger partial charge in [0.15, 0.2) is 0 Å². The number of carbonyl (C=O) groups is 2. The third kappa shape index (κ3) is 3.89. The molecule has 0 radical (unpaired) electrons. The highest BCUT2D eigenvalue weighted by atomic mass is 32.2. The molecule has 1 amide bonds. The lowest BCUT2D eigenvalue weighted by Gasteiger charge is -2.42. The molecule has 0 spiro atoms. The first-order valence-electron chi connectivity index (χ1n) is 9.52. The number of ether oxygens (including phenoxy) is 1. The molecule has 2 saturated heterocycles. The third-order valence-corrected chi connectivity index (χ3v) is 8.26. The monoisotopic (exact) mass is 387 g/mol. The van der Waals surface area contributed by atoms with Crippen molar-refractivity contribution in [3.63, 3.8) is 0 Å². The Morgan fingerprint density at radius 3 is 2.65 bits per heavy atom. The van der Waals surface area contributed by atoms with Crippen LogP contribution in [-0.2, 0) is 24.3 Å².